The summed E-state index contributed by atoms with van der Waals surface area (Å²) in [5.74, 6) is 0. The maximum atomic E-state index is 12.3. The average molecular weight is 495 g/mol. The van der Waals surface area contributed by atoms with Crippen molar-refractivity contribution in [3.05, 3.63) is 98.1 Å². The Balaban J connectivity index is 1.80. The standard InChI is InChI=1S/C25H20Cl2N4OS/c1-14-23(33-15(2)29-14)25(32,20-12-28-13-31(20)3)17-9-10-19-18(11-17)22(26)21(24(27)30-19)16-7-5-4-6-8-16/h4-13,32H,1-3H3. The molecule has 3 heterocycles. The van der Waals surface area contributed by atoms with Gasteiger partial charge in [-0.05, 0) is 37.1 Å². The molecule has 0 amide bonds. The number of pyridine rings is 1. The van der Waals surface area contributed by atoms with E-state index in [2.05, 4.69) is 15.0 Å². The normalized spacial score (nSPS) is 13.4. The van der Waals surface area contributed by atoms with Crippen molar-refractivity contribution in [2.24, 2.45) is 7.05 Å². The second-order valence-corrected chi connectivity index (χ2v) is 9.88. The van der Waals surface area contributed by atoms with Gasteiger partial charge < -0.3 is 9.67 Å². The van der Waals surface area contributed by atoms with Crippen LogP contribution in [0, 0.1) is 13.8 Å². The van der Waals surface area contributed by atoms with Crippen LogP contribution in [0.4, 0.5) is 0 Å². The van der Waals surface area contributed by atoms with Crippen molar-refractivity contribution in [3.63, 3.8) is 0 Å². The van der Waals surface area contributed by atoms with Crippen LogP contribution in [-0.2, 0) is 12.6 Å². The SMILES string of the molecule is Cc1nc(C)c(C(O)(c2ccc3nc(Cl)c(-c4ccccc4)c(Cl)c3c2)c2cncn2C)s1. The van der Waals surface area contributed by atoms with Gasteiger partial charge in [0.05, 0.1) is 44.3 Å². The van der Waals surface area contributed by atoms with Gasteiger partial charge in [0.2, 0.25) is 0 Å². The molecule has 5 aromatic rings. The molecule has 0 radical (unpaired) electrons. The lowest BCUT2D eigenvalue weighted by atomic mass is 9.87. The van der Waals surface area contributed by atoms with Crippen molar-refractivity contribution in [2.45, 2.75) is 19.4 Å². The zero-order valence-corrected chi connectivity index (χ0v) is 20.5. The summed E-state index contributed by atoms with van der Waals surface area (Å²) >= 11 is 14.9. The summed E-state index contributed by atoms with van der Waals surface area (Å²) in [5.41, 5.74) is 2.78. The highest BCUT2D eigenvalue weighted by atomic mass is 35.5. The van der Waals surface area contributed by atoms with Gasteiger partial charge >= 0.3 is 0 Å². The molecule has 8 heteroatoms. The largest absolute Gasteiger partial charge is 0.374 e. The molecule has 0 bridgehead atoms. The highest BCUT2D eigenvalue weighted by Crippen LogP contribution is 2.44. The third kappa shape index (κ3) is 3.54. The predicted molar refractivity (Wildman–Crippen MR) is 134 cm³/mol. The second-order valence-electron chi connectivity index (χ2n) is 7.94. The molecule has 166 valence electrons. The molecule has 5 nitrogen and oxygen atoms in total. The summed E-state index contributed by atoms with van der Waals surface area (Å²) in [5, 5.41) is 14.7. The number of fused-ring (bicyclic) bond motifs is 1. The smallest absolute Gasteiger partial charge is 0.167 e. The number of aromatic nitrogens is 4. The Bertz CT molecular complexity index is 1500. The Morgan fingerprint density at radius 1 is 1.03 bits per heavy atom. The van der Waals surface area contributed by atoms with Crippen LogP contribution in [0.3, 0.4) is 0 Å². The molecule has 3 aromatic heterocycles. The number of halogens is 2. The highest BCUT2D eigenvalue weighted by Gasteiger charge is 2.40. The van der Waals surface area contributed by atoms with Gasteiger partial charge in [-0.15, -0.1) is 11.3 Å². The van der Waals surface area contributed by atoms with Crippen molar-refractivity contribution in [2.75, 3.05) is 0 Å². The van der Waals surface area contributed by atoms with Crippen LogP contribution in [-0.4, -0.2) is 24.6 Å². The number of benzene rings is 2. The first kappa shape index (κ1) is 22.0. The van der Waals surface area contributed by atoms with Crippen molar-refractivity contribution < 1.29 is 5.11 Å². The number of aliphatic hydroxyl groups is 1. The summed E-state index contributed by atoms with van der Waals surface area (Å²) in [6, 6.07) is 15.3. The molecule has 0 spiro atoms. The van der Waals surface area contributed by atoms with Gasteiger partial charge in [0, 0.05) is 18.0 Å². The fourth-order valence-corrected chi connectivity index (χ4v) is 5.97. The van der Waals surface area contributed by atoms with E-state index in [1.54, 1.807) is 12.5 Å². The molecule has 1 atom stereocenters. The van der Waals surface area contributed by atoms with Gasteiger partial charge in [0.1, 0.15) is 5.15 Å². The van der Waals surface area contributed by atoms with E-state index in [1.165, 1.54) is 11.3 Å². The molecule has 0 saturated heterocycles. The van der Waals surface area contributed by atoms with Crippen LogP contribution in [0.1, 0.15) is 26.8 Å². The minimum absolute atomic E-state index is 0.335. The maximum Gasteiger partial charge on any atom is 0.167 e. The van der Waals surface area contributed by atoms with Crippen LogP contribution in [0.5, 0.6) is 0 Å². The Hall–Kier alpha value is -2.77. The Morgan fingerprint density at radius 2 is 1.79 bits per heavy atom. The number of imidazole rings is 1. The van der Waals surface area contributed by atoms with E-state index < -0.39 is 5.60 Å². The molecule has 33 heavy (non-hydrogen) atoms. The highest BCUT2D eigenvalue weighted by molar-refractivity contribution is 7.11. The zero-order chi connectivity index (χ0) is 23.3. The second kappa shape index (κ2) is 8.22. The van der Waals surface area contributed by atoms with Gasteiger partial charge in [0.25, 0.3) is 0 Å². The molecule has 2 aromatic carbocycles. The van der Waals surface area contributed by atoms with E-state index in [0.29, 0.717) is 37.9 Å². The van der Waals surface area contributed by atoms with Gasteiger partial charge in [-0.3, -0.25) is 0 Å². The fourth-order valence-electron chi connectivity index (χ4n) is 4.24. The number of thiazole rings is 1. The van der Waals surface area contributed by atoms with Crippen LogP contribution < -0.4 is 0 Å². The Morgan fingerprint density at radius 3 is 2.42 bits per heavy atom. The first-order chi connectivity index (χ1) is 15.8. The van der Waals surface area contributed by atoms with Crippen LogP contribution in [0.25, 0.3) is 22.0 Å². The van der Waals surface area contributed by atoms with Crippen LogP contribution >= 0.6 is 34.5 Å². The lowest BCUT2D eigenvalue weighted by molar-refractivity contribution is 0.120. The van der Waals surface area contributed by atoms with E-state index in [1.807, 2.05) is 74.0 Å². The molecule has 5 rings (SSSR count). The topological polar surface area (TPSA) is 63.8 Å². The molecular formula is C25H20Cl2N4OS. The van der Waals surface area contributed by atoms with Gasteiger partial charge in [0.15, 0.2) is 5.60 Å². The van der Waals surface area contributed by atoms with Gasteiger partial charge in [-0.1, -0.05) is 59.6 Å². The van der Waals surface area contributed by atoms with Crippen LogP contribution in [0.2, 0.25) is 10.2 Å². The number of aryl methyl sites for hydroxylation is 3. The average Bonchev–Trinajstić information content (AvgIpc) is 3.38. The Kier molecular flexibility index (Phi) is 5.49. The molecule has 1 N–H and O–H groups in total. The molecule has 0 saturated carbocycles. The summed E-state index contributed by atoms with van der Waals surface area (Å²) in [6.07, 6.45) is 3.35. The monoisotopic (exact) mass is 494 g/mol. The third-order valence-corrected chi connectivity index (χ3v) is 7.62. The van der Waals surface area contributed by atoms with E-state index in [0.717, 1.165) is 21.1 Å². The first-order valence-corrected chi connectivity index (χ1v) is 11.9. The minimum Gasteiger partial charge on any atom is -0.374 e. The van der Waals surface area contributed by atoms with Gasteiger partial charge in [-0.25, -0.2) is 15.0 Å². The lowest BCUT2D eigenvalue weighted by Gasteiger charge is -2.29. The fraction of sp³-hybridized carbons (Fsp3) is 0.160. The molecule has 1 unspecified atom stereocenters. The number of nitrogens with zero attached hydrogens (tertiary/aromatic N) is 4. The van der Waals surface area contributed by atoms with Crippen molar-refractivity contribution in [1.82, 2.24) is 19.5 Å². The summed E-state index contributed by atoms with van der Waals surface area (Å²) in [4.78, 5) is 14.1. The predicted octanol–water partition coefficient (Wildman–Crippen LogP) is 6.30. The minimum atomic E-state index is -1.47. The summed E-state index contributed by atoms with van der Waals surface area (Å²) in [7, 11) is 1.86. The van der Waals surface area contributed by atoms with E-state index >= 15 is 0 Å². The molecule has 0 aliphatic carbocycles. The first-order valence-electron chi connectivity index (χ1n) is 10.3. The van der Waals surface area contributed by atoms with E-state index in [4.69, 9.17) is 23.2 Å². The summed E-state index contributed by atoms with van der Waals surface area (Å²) in [6.45, 7) is 3.84. The van der Waals surface area contributed by atoms with Crippen LogP contribution in [0.15, 0.2) is 61.1 Å². The zero-order valence-electron chi connectivity index (χ0n) is 18.2. The summed E-state index contributed by atoms with van der Waals surface area (Å²) < 4.78 is 1.82. The number of rotatable bonds is 4. The maximum absolute atomic E-state index is 12.3. The lowest BCUT2D eigenvalue weighted by Crippen LogP contribution is -2.31. The van der Waals surface area contributed by atoms with Crippen molar-refractivity contribution in [1.29, 1.82) is 0 Å². The molecule has 0 aliphatic heterocycles. The molecular weight excluding hydrogens is 475 g/mol. The quantitative estimate of drug-likeness (QED) is 0.297. The Labute approximate surface area is 205 Å². The molecule has 0 fully saturated rings. The third-order valence-electron chi connectivity index (χ3n) is 5.78. The number of hydrogen-bond acceptors (Lipinski definition) is 5. The van der Waals surface area contributed by atoms with E-state index in [-0.39, 0.29) is 0 Å². The van der Waals surface area contributed by atoms with E-state index in [9.17, 15) is 5.11 Å². The van der Waals surface area contributed by atoms with Gasteiger partial charge in [-0.2, -0.15) is 0 Å². The van der Waals surface area contributed by atoms with Crippen molar-refractivity contribution >= 4 is 45.4 Å². The molecule has 0 aliphatic rings. The number of hydrogen-bond donors (Lipinski definition) is 1. The van der Waals surface area contributed by atoms with Crippen molar-refractivity contribution in [3.8, 4) is 11.1 Å².